The van der Waals surface area contributed by atoms with E-state index in [0.717, 1.165) is 167 Å². The second-order valence-electron chi connectivity index (χ2n) is 26.2. The monoisotopic (exact) mass is 1160 g/mol. The van der Waals surface area contributed by atoms with Gasteiger partial charge in [-0.05, 0) is 236 Å². The van der Waals surface area contributed by atoms with Gasteiger partial charge in [0.2, 0.25) is 11.8 Å². The third kappa shape index (κ3) is 13.8. The van der Waals surface area contributed by atoms with E-state index in [1.165, 1.54) is 47.9 Å². The normalized spacial score (nSPS) is 24.7. The van der Waals surface area contributed by atoms with Crippen molar-refractivity contribution in [1.82, 2.24) is 19.6 Å². The van der Waals surface area contributed by atoms with E-state index in [1.807, 2.05) is 12.4 Å². The zero-order valence-electron chi connectivity index (χ0n) is 51.0. The summed E-state index contributed by atoms with van der Waals surface area (Å²) in [6.07, 6.45) is 28.9. The third-order valence-electron chi connectivity index (χ3n) is 20.3. The molecule has 6 aromatic rings. The molecule has 0 N–H and O–H groups in total. The maximum Gasteiger partial charge on any atom is 0.340 e. The number of amides is 2. The molecule has 0 spiro atoms. The molecule has 6 fully saturated rings. The molecule has 1 aliphatic heterocycles. The van der Waals surface area contributed by atoms with Crippen molar-refractivity contribution in [3.05, 3.63) is 132 Å². The molecule has 6 aliphatic carbocycles. The highest BCUT2D eigenvalue weighted by Crippen LogP contribution is 2.43. The van der Waals surface area contributed by atoms with E-state index < -0.39 is 0 Å². The van der Waals surface area contributed by atoms with Gasteiger partial charge in [0, 0.05) is 71.7 Å². The predicted octanol–water partition coefficient (Wildman–Crippen LogP) is 15.5. The Hall–Kier alpha value is -7.53. The third-order valence-corrected chi connectivity index (χ3v) is 20.3. The Balaban J connectivity index is 0.000000169. The first-order valence-corrected chi connectivity index (χ1v) is 32.3. The van der Waals surface area contributed by atoms with Gasteiger partial charge >= 0.3 is 5.97 Å². The molecular weight excluding hydrogens is 1070 g/mol. The number of nitrogens with zero attached hydrogens (tertiary/aromatic N) is 8. The highest BCUT2D eigenvalue weighted by atomic mass is 16.7. The lowest BCUT2D eigenvalue weighted by Gasteiger charge is -2.36. The number of aryl methyl sites for hydroxylation is 2. The fourth-order valence-electron chi connectivity index (χ4n) is 14.7. The van der Waals surface area contributed by atoms with E-state index >= 15 is 0 Å². The Bertz CT molecular complexity index is 3430. The van der Waals surface area contributed by atoms with Gasteiger partial charge in [0.05, 0.1) is 56.9 Å². The number of benzene rings is 4. The SMILES string of the molecule is COc1ccc(C2CCC(CN(C(=O)C3CCC(C#N)CC3)c3cccc(-c4cnn(C5CC5)c4)c3)CC2)cc1C.COc1ccc(C2CCC(CN(C(=O)C3CCC(C4=NOC(=O)C4)CC3)c3cccc(-c4cnn(C5CC5)c4)c3)CC2)cc1C. The van der Waals surface area contributed by atoms with E-state index in [-0.39, 0.29) is 47.9 Å². The molecule has 14 heteroatoms. The minimum atomic E-state index is -0.270. The Morgan fingerprint density at radius 1 is 0.558 bits per heavy atom. The van der Waals surface area contributed by atoms with Crippen LogP contribution in [0.2, 0.25) is 0 Å². The first-order valence-electron chi connectivity index (χ1n) is 32.3. The number of nitriles is 1. The molecular formula is C72H86N8O6. The summed E-state index contributed by atoms with van der Waals surface area (Å²) in [4.78, 5) is 49.1. The van der Waals surface area contributed by atoms with Crippen molar-refractivity contribution in [3.63, 3.8) is 0 Å². The van der Waals surface area contributed by atoms with Crippen molar-refractivity contribution in [2.24, 2.45) is 40.7 Å². The number of ether oxygens (including phenoxy) is 2. The van der Waals surface area contributed by atoms with Gasteiger partial charge in [-0.3, -0.25) is 19.0 Å². The van der Waals surface area contributed by atoms with Crippen molar-refractivity contribution in [3.8, 4) is 39.8 Å². The first-order chi connectivity index (χ1) is 42.0. The van der Waals surface area contributed by atoms with Crippen LogP contribution in [0.5, 0.6) is 11.5 Å². The van der Waals surface area contributed by atoms with Crippen LogP contribution in [0.25, 0.3) is 22.3 Å². The van der Waals surface area contributed by atoms with Crippen LogP contribution in [-0.4, -0.2) is 70.4 Å². The molecule has 6 saturated carbocycles. The zero-order valence-corrected chi connectivity index (χ0v) is 51.0. The Morgan fingerprint density at radius 2 is 1.00 bits per heavy atom. The smallest absolute Gasteiger partial charge is 0.340 e. The largest absolute Gasteiger partial charge is 0.496 e. The number of carbonyl (C=O) groups is 3. The van der Waals surface area contributed by atoms with Crippen molar-refractivity contribution in [1.29, 1.82) is 5.26 Å². The number of rotatable bonds is 17. The number of aromatic nitrogens is 4. The first kappa shape index (κ1) is 58.8. The lowest BCUT2D eigenvalue weighted by Crippen LogP contribution is -2.41. The molecule has 4 aromatic carbocycles. The number of anilines is 2. The van der Waals surface area contributed by atoms with Crippen LogP contribution in [0.15, 0.2) is 115 Å². The summed E-state index contributed by atoms with van der Waals surface area (Å²) >= 11 is 0. The van der Waals surface area contributed by atoms with Crippen LogP contribution in [0.1, 0.15) is 181 Å². The summed E-state index contributed by atoms with van der Waals surface area (Å²) in [6.45, 7) is 5.74. The Labute approximate surface area is 508 Å². The fourth-order valence-corrected chi connectivity index (χ4v) is 14.7. The molecule has 2 amide bonds. The fraction of sp³-hybridized carbons (Fsp3) is 0.514. The quantitative estimate of drug-likeness (QED) is 0.0811. The summed E-state index contributed by atoms with van der Waals surface area (Å²) < 4.78 is 15.1. The molecule has 3 heterocycles. The number of hydrogen-bond donors (Lipinski definition) is 0. The summed E-state index contributed by atoms with van der Waals surface area (Å²) in [5.41, 5.74) is 12.4. The van der Waals surface area contributed by atoms with E-state index in [4.69, 9.17) is 14.3 Å². The van der Waals surface area contributed by atoms with Crippen LogP contribution in [0.3, 0.4) is 0 Å². The molecule has 14 nitrogen and oxygen atoms in total. The highest BCUT2D eigenvalue weighted by Gasteiger charge is 2.37. The molecule has 0 saturated heterocycles. The average Bonchev–Trinajstić information content (AvgIpc) is 4.56. The molecule has 13 rings (SSSR count). The lowest BCUT2D eigenvalue weighted by atomic mass is 9.77. The van der Waals surface area contributed by atoms with Crippen molar-refractivity contribution in [2.45, 2.75) is 173 Å². The van der Waals surface area contributed by atoms with Gasteiger partial charge in [-0.1, -0.05) is 53.7 Å². The Morgan fingerprint density at radius 3 is 1.40 bits per heavy atom. The van der Waals surface area contributed by atoms with Crippen LogP contribution in [0.4, 0.5) is 11.4 Å². The minimum absolute atomic E-state index is 0.000476. The summed E-state index contributed by atoms with van der Waals surface area (Å²) in [5.74, 6) is 4.43. The predicted molar refractivity (Wildman–Crippen MR) is 336 cm³/mol. The van der Waals surface area contributed by atoms with Crippen molar-refractivity contribution in [2.75, 3.05) is 37.1 Å². The maximum atomic E-state index is 14.4. The summed E-state index contributed by atoms with van der Waals surface area (Å²) in [6, 6.07) is 33.7. The molecule has 0 unspecified atom stereocenters. The highest BCUT2D eigenvalue weighted by molar-refractivity contribution is 6.03. The van der Waals surface area contributed by atoms with E-state index in [2.05, 4.69) is 152 Å². The average molecular weight is 1160 g/mol. The van der Waals surface area contributed by atoms with Gasteiger partial charge in [0.25, 0.3) is 0 Å². The van der Waals surface area contributed by atoms with Gasteiger partial charge in [-0.25, -0.2) is 4.79 Å². The molecule has 2 aromatic heterocycles. The lowest BCUT2D eigenvalue weighted by molar-refractivity contribution is -0.140. The van der Waals surface area contributed by atoms with Gasteiger partial charge in [-0.2, -0.15) is 15.5 Å². The number of methoxy groups -OCH3 is 2. The van der Waals surface area contributed by atoms with Gasteiger partial charge in [-0.15, -0.1) is 0 Å². The van der Waals surface area contributed by atoms with E-state index in [9.17, 15) is 19.6 Å². The molecule has 450 valence electrons. The standard InChI is InChI=1S/C37H44N4O4.C35H42N4O2/c1-24-18-30(14-17-35(24)44-2)26-8-6-25(7-9-26)22-40(37(43)28-12-10-27(11-13-28)34-20-36(42)45-39-34)33-5-3-4-29(19-33)31-21-38-41(23-31)32-15-16-32;1-24-18-30(14-17-34(24)41-2)27-10-8-26(9-11-27)22-38(35(40)28-12-6-25(20-36)7-13-28)33-5-3-4-29(19-33)31-21-37-39(23-31)32-15-16-32/h3-5,14,17-19,21,23,25-28,32H,6-13,15-16,20,22H2,1-2H3;3-5,14,17-19,21,23,25-28,32H,6-13,15-16,22H2,1-2H3. The number of oxime groups is 1. The summed E-state index contributed by atoms with van der Waals surface area (Å²) in [7, 11) is 3.45. The number of hydrogen-bond acceptors (Lipinski definition) is 10. The van der Waals surface area contributed by atoms with Crippen molar-refractivity contribution >= 4 is 34.9 Å². The van der Waals surface area contributed by atoms with Gasteiger partial charge in [0.15, 0.2) is 0 Å². The molecule has 0 bridgehead atoms. The topological polar surface area (TPSA) is 157 Å². The molecule has 0 radical (unpaired) electrons. The zero-order chi connectivity index (χ0) is 59.3. The molecule has 86 heavy (non-hydrogen) atoms. The van der Waals surface area contributed by atoms with Crippen LogP contribution < -0.4 is 19.3 Å². The molecule has 0 atom stereocenters. The van der Waals surface area contributed by atoms with E-state index in [0.29, 0.717) is 35.8 Å². The van der Waals surface area contributed by atoms with Crippen LogP contribution >= 0.6 is 0 Å². The van der Waals surface area contributed by atoms with Crippen molar-refractivity contribution < 1.29 is 28.7 Å². The second kappa shape index (κ2) is 26.6. The summed E-state index contributed by atoms with van der Waals surface area (Å²) in [5, 5.41) is 22.6. The minimum Gasteiger partial charge on any atom is -0.496 e. The van der Waals surface area contributed by atoms with Gasteiger partial charge < -0.3 is 24.1 Å². The Kier molecular flexibility index (Phi) is 18.2. The maximum absolute atomic E-state index is 14.4. The van der Waals surface area contributed by atoms with E-state index in [1.54, 1.807) is 14.2 Å². The second-order valence-corrected chi connectivity index (χ2v) is 26.2. The molecule has 7 aliphatic rings. The number of carbonyl (C=O) groups excluding carboxylic acids is 3. The van der Waals surface area contributed by atoms with Crippen LogP contribution in [0, 0.1) is 60.7 Å². The van der Waals surface area contributed by atoms with Crippen LogP contribution in [-0.2, 0) is 19.2 Å². The van der Waals surface area contributed by atoms with Gasteiger partial charge in [0.1, 0.15) is 11.5 Å².